The van der Waals surface area contributed by atoms with Gasteiger partial charge in [0.15, 0.2) is 0 Å². The van der Waals surface area contributed by atoms with E-state index in [4.69, 9.17) is 4.74 Å². The number of hydrogen-bond acceptors (Lipinski definition) is 3. The van der Waals surface area contributed by atoms with E-state index in [1.807, 2.05) is 30.3 Å². The van der Waals surface area contributed by atoms with Crippen molar-refractivity contribution in [1.82, 2.24) is 0 Å². The second-order valence-corrected chi connectivity index (χ2v) is 3.69. The summed E-state index contributed by atoms with van der Waals surface area (Å²) in [7, 11) is 0. The molecule has 1 N–H and O–H groups in total. The van der Waals surface area contributed by atoms with Crippen molar-refractivity contribution < 1.29 is 14.6 Å². The lowest BCUT2D eigenvalue weighted by atomic mass is 10.1. The molecule has 16 heavy (non-hydrogen) atoms. The number of aryl methyl sites for hydroxylation is 1. The van der Waals surface area contributed by atoms with Crippen LogP contribution in [-0.4, -0.2) is 23.8 Å². The Morgan fingerprint density at radius 3 is 2.69 bits per heavy atom. The van der Waals surface area contributed by atoms with Gasteiger partial charge in [-0.3, -0.25) is 4.79 Å². The lowest BCUT2D eigenvalue weighted by molar-refractivity contribution is -0.145. The molecule has 0 amide bonds. The molecule has 0 aliphatic carbocycles. The maximum atomic E-state index is 11.1. The number of benzene rings is 1. The zero-order valence-electron chi connectivity index (χ0n) is 9.56. The summed E-state index contributed by atoms with van der Waals surface area (Å²) in [4.78, 5) is 11.1. The van der Waals surface area contributed by atoms with Crippen LogP contribution in [0.15, 0.2) is 30.3 Å². The first-order valence-electron chi connectivity index (χ1n) is 5.60. The van der Waals surface area contributed by atoms with E-state index in [0.717, 1.165) is 6.42 Å². The molecule has 0 aliphatic rings. The number of aliphatic hydroxyl groups is 1. The van der Waals surface area contributed by atoms with Crippen LogP contribution in [0.3, 0.4) is 0 Å². The number of carbonyl (C=O) groups is 1. The van der Waals surface area contributed by atoms with Crippen molar-refractivity contribution in [3.05, 3.63) is 35.9 Å². The van der Waals surface area contributed by atoms with Crippen molar-refractivity contribution in [3.63, 3.8) is 0 Å². The van der Waals surface area contributed by atoms with E-state index in [0.29, 0.717) is 13.0 Å². The second kappa shape index (κ2) is 7.01. The molecule has 1 atom stereocenters. The first kappa shape index (κ1) is 12.7. The van der Waals surface area contributed by atoms with Crippen molar-refractivity contribution in [2.24, 2.45) is 0 Å². The van der Waals surface area contributed by atoms with Gasteiger partial charge < -0.3 is 9.84 Å². The van der Waals surface area contributed by atoms with Crippen LogP contribution >= 0.6 is 0 Å². The molecule has 0 spiro atoms. The van der Waals surface area contributed by atoms with E-state index >= 15 is 0 Å². The normalized spacial score (nSPS) is 12.1. The Morgan fingerprint density at radius 1 is 1.38 bits per heavy atom. The summed E-state index contributed by atoms with van der Waals surface area (Å²) in [5, 5.41) is 9.61. The van der Waals surface area contributed by atoms with Gasteiger partial charge >= 0.3 is 5.97 Å². The fraction of sp³-hybridized carbons (Fsp3) is 0.462. The zero-order valence-corrected chi connectivity index (χ0v) is 9.56. The Labute approximate surface area is 96.1 Å². The highest BCUT2D eigenvalue weighted by Crippen LogP contribution is 2.07. The van der Waals surface area contributed by atoms with Crippen molar-refractivity contribution in [3.8, 4) is 0 Å². The third kappa shape index (κ3) is 4.94. The molecule has 1 aromatic rings. The number of esters is 1. The fourth-order valence-electron chi connectivity index (χ4n) is 1.49. The minimum absolute atomic E-state index is 0.0840. The van der Waals surface area contributed by atoms with Gasteiger partial charge in [0.1, 0.15) is 0 Å². The summed E-state index contributed by atoms with van der Waals surface area (Å²) in [5.74, 6) is -0.330. The largest absolute Gasteiger partial charge is 0.466 e. The Kier molecular flexibility index (Phi) is 5.57. The molecule has 0 saturated heterocycles. The predicted octanol–water partition coefficient (Wildman–Crippen LogP) is 1.93. The van der Waals surface area contributed by atoms with Crippen molar-refractivity contribution in [2.75, 3.05) is 6.61 Å². The number of rotatable bonds is 6. The molecule has 1 aromatic carbocycles. The zero-order chi connectivity index (χ0) is 11.8. The number of carbonyl (C=O) groups excluding carboxylic acids is 1. The maximum Gasteiger partial charge on any atom is 0.308 e. The molecular formula is C13H18O3. The molecule has 0 aromatic heterocycles. The quantitative estimate of drug-likeness (QED) is 0.748. The van der Waals surface area contributed by atoms with Crippen LogP contribution in [0.1, 0.15) is 25.3 Å². The summed E-state index contributed by atoms with van der Waals surface area (Å²) < 4.78 is 4.77. The molecule has 3 nitrogen and oxygen atoms in total. The third-order valence-electron chi connectivity index (χ3n) is 2.32. The lowest BCUT2D eigenvalue weighted by Crippen LogP contribution is -2.16. The summed E-state index contributed by atoms with van der Waals surface area (Å²) in [6.45, 7) is 2.12. The van der Waals surface area contributed by atoms with E-state index in [9.17, 15) is 9.90 Å². The molecule has 0 heterocycles. The molecule has 0 aliphatic heterocycles. The molecule has 0 bridgehead atoms. The van der Waals surface area contributed by atoms with E-state index < -0.39 is 6.10 Å². The highest BCUT2D eigenvalue weighted by molar-refractivity contribution is 5.69. The van der Waals surface area contributed by atoms with E-state index in [1.54, 1.807) is 6.92 Å². The average Bonchev–Trinajstić information content (AvgIpc) is 2.28. The topological polar surface area (TPSA) is 46.5 Å². The predicted molar refractivity (Wildman–Crippen MR) is 62.0 cm³/mol. The number of hydrogen-bond donors (Lipinski definition) is 1. The van der Waals surface area contributed by atoms with Gasteiger partial charge in [-0.15, -0.1) is 0 Å². The lowest BCUT2D eigenvalue weighted by Gasteiger charge is -2.09. The van der Waals surface area contributed by atoms with Crippen molar-refractivity contribution in [2.45, 2.75) is 32.3 Å². The summed E-state index contributed by atoms with van der Waals surface area (Å²) in [6, 6.07) is 9.91. The molecule has 0 fully saturated rings. The van der Waals surface area contributed by atoms with Crippen molar-refractivity contribution >= 4 is 5.97 Å². The molecule has 1 rings (SSSR count). The Bertz CT molecular complexity index is 308. The average molecular weight is 222 g/mol. The minimum Gasteiger partial charge on any atom is -0.466 e. The van der Waals surface area contributed by atoms with Gasteiger partial charge in [-0.05, 0) is 25.3 Å². The summed E-state index contributed by atoms with van der Waals surface area (Å²) in [5.41, 5.74) is 1.17. The molecule has 3 heteroatoms. The van der Waals surface area contributed by atoms with Crippen LogP contribution in [0.4, 0.5) is 0 Å². The van der Waals surface area contributed by atoms with Gasteiger partial charge in [0.25, 0.3) is 0 Å². The Hall–Kier alpha value is -1.35. The minimum atomic E-state index is -0.612. The monoisotopic (exact) mass is 222 g/mol. The van der Waals surface area contributed by atoms with Crippen LogP contribution in [-0.2, 0) is 16.0 Å². The molecule has 0 unspecified atom stereocenters. The van der Waals surface area contributed by atoms with Crippen molar-refractivity contribution in [1.29, 1.82) is 0 Å². The first-order chi connectivity index (χ1) is 7.72. The summed E-state index contributed by atoms with van der Waals surface area (Å²) >= 11 is 0. The fourth-order valence-corrected chi connectivity index (χ4v) is 1.49. The molecule has 88 valence electrons. The van der Waals surface area contributed by atoms with E-state index in [1.165, 1.54) is 5.56 Å². The maximum absolute atomic E-state index is 11.1. The smallest absolute Gasteiger partial charge is 0.308 e. The molecule has 0 radical (unpaired) electrons. The van der Waals surface area contributed by atoms with E-state index in [2.05, 4.69) is 0 Å². The molecule has 0 saturated carbocycles. The van der Waals surface area contributed by atoms with Gasteiger partial charge in [-0.1, -0.05) is 30.3 Å². The van der Waals surface area contributed by atoms with Crippen LogP contribution in [0.2, 0.25) is 0 Å². The highest BCUT2D eigenvalue weighted by atomic mass is 16.5. The third-order valence-corrected chi connectivity index (χ3v) is 2.32. The van der Waals surface area contributed by atoms with Gasteiger partial charge in [0.2, 0.25) is 0 Å². The van der Waals surface area contributed by atoms with Gasteiger partial charge in [0.05, 0.1) is 19.1 Å². The number of aliphatic hydroxyl groups excluding tert-OH is 1. The SMILES string of the molecule is CCOC(=O)C[C@@H](O)CCc1ccccc1. The van der Waals surface area contributed by atoms with Gasteiger partial charge in [-0.25, -0.2) is 0 Å². The molecular weight excluding hydrogens is 204 g/mol. The van der Waals surface area contributed by atoms with Gasteiger partial charge in [0, 0.05) is 0 Å². The van der Waals surface area contributed by atoms with Crippen LogP contribution < -0.4 is 0 Å². The highest BCUT2D eigenvalue weighted by Gasteiger charge is 2.11. The Balaban J connectivity index is 2.25. The van der Waals surface area contributed by atoms with Gasteiger partial charge in [-0.2, -0.15) is 0 Å². The second-order valence-electron chi connectivity index (χ2n) is 3.69. The van der Waals surface area contributed by atoms with Crippen LogP contribution in [0, 0.1) is 0 Å². The number of ether oxygens (including phenoxy) is 1. The Morgan fingerprint density at radius 2 is 2.06 bits per heavy atom. The van der Waals surface area contributed by atoms with Crippen LogP contribution in [0.5, 0.6) is 0 Å². The van der Waals surface area contributed by atoms with E-state index in [-0.39, 0.29) is 12.4 Å². The van der Waals surface area contributed by atoms with Crippen LogP contribution in [0.25, 0.3) is 0 Å². The standard InChI is InChI=1S/C13H18O3/c1-2-16-13(15)10-12(14)9-8-11-6-4-3-5-7-11/h3-7,12,14H,2,8-10H2,1H3/t12-/m0/s1. The summed E-state index contributed by atoms with van der Waals surface area (Å²) in [6.07, 6.45) is 0.838. The first-order valence-corrected chi connectivity index (χ1v) is 5.60.